The number of ether oxygens (including phenoxy) is 1. The van der Waals surface area contributed by atoms with E-state index in [9.17, 15) is 18.0 Å². The molecule has 6 heteroatoms. The lowest BCUT2D eigenvalue weighted by Crippen LogP contribution is -2.31. The molecule has 0 aliphatic rings. The van der Waals surface area contributed by atoms with E-state index in [1.165, 1.54) is 12.1 Å². The predicted molar refractivity (Wildman–Crippen MR) is 64.8 cm³/mol. The van der Waals surface area contributed by atoms with Crippen LogP contribution in [0.25, 0.3) is 0 Å². The fourth-order valence-electron chi connectivity index (χ4n) is 1.26. The highest BCUT2D eigenvalue weighted by Crippen LogP contribution is 2.30. The molecule has 0 bridgehead atoms. The largest absolute Gasteiger partial charge is 0.484 e. The van der Waals surface area contributed by atoms with Gasteiger partial charge < -0.3 is 10.1 Å². The van der Waals surface area contributed by atoms with Crippen LogP contribution in [0.15, 0.2) is 24.3 Å². The minimum absolute atomic E-state index is 0.210. The average molecular weight is 275 g/mol. The Morgan fingerprint density at radius 1 is 1.26 bits per heavy atom. The van der Waals surface area contributed by atoms with E-state index < -0.39 is 11.7 Å². The molecule has 0 aliphatic carbocycles. The molecule has 106 valence electrons. The third kappa shape index (κ3) is 5.63. The lowest BCUT2D eigenvalue weighted by molar-refractivity contribution is -0.137. The van der Waals surface area contributed by atoms with Gasteiger partial charge in [0.05, 0.1) is 5.56 Å². The van der Waals surface area contributed by atoms with E-state index in [4.69, 9.17) is 4.74 Å². The van der Waals surface area contributed by atoms with Crippen molar-refractivity contribution in [3.8, 4) is 5.75 Å². The second-order valence-electron chi connectivity index (χ2n) is 4.51. The van der Waals surface area contributed by atoms with Crippen LogP contribution in [-0.4, -0.2) is 19.1 Å². The number of hydrogen-bond donors (Lipinski definition) is 1. The molecule has 1 aromatic carbocycles. The number of hydrogen-bond acceptors (Lipinski definition) is 2. The Morgan fingerprint density at radius 3 is 2.32 bits per heavy atom. The van der Waals surface area contributed by atoms with Crippen LogP contribution < -0.4 is 10.1 Å². The standard InChI is InChI=1S/C13H16F3NO2/c1-9(2)7-17-12(18)8-19-11-5-3-10(4-6-11)13(14,15)16/h3-6,9H,7-8H2,1-2H3,(H,17,18). The second-order valence-corrected chi connectivity index (χ2v) is 4.51. The molecule has 0 atom stereocenters. The van der Waals surface area contributed by atoms with Gasteiger partial charge in [-0.15, -0.1) is 0 Å². The zero-order valence-electron chi connectivity index (χ0n) is 10.8. The van der Waals surface area contributed by atoms with Crippen LogP contribution in [0.3, 0.4) is 0 Å². The van der Waals surface area contributed by atoms with Crippen LogP contribution in [0, 0.1) is 5.92 Å². The number of carbonyl (C=O) groups is 1. The predicted octanol–water partition coefficient (Wildman–Crippen LogP) is 2.86. The minimum Gasteiger partial charge on any atom is -0.484 e. The Morgan fingerprint density at radius 2 is 1.84 bits per heavy atom. The lowest BCUT2D eigenvalue weighted by Gasteiger charge is -2.10. The average Bonchev–Trinajstić information content (AvgIpc) is 2.33. The van der Waals surface area contributed by atoms with Gasteiger partial charge >= 0.3 is 6.18 Å². The molecule has 3 nitrogen and oxygen atoms in total. The summed E-state index contributed by atoms with van der Waals surface area (Å²) in [6.07, 6.45) is -4.37. The van der Waals surface area contributed by atoms with E-state index in [1.807, 2.05) is 13.8 Å². The maximum atomic E-state index is 12.3. The van der Waals surface area contributed by atoms with E-state index in [1.54, 1.807) is 0 Å². The van der Waals surface area contributed by atoms with Crippen molar-refractivity contribution < 1.29 is 22.7 Å². The van der Waals surface area contributed by atoms with Gasteiger partial charge in [0.25, 0.3) is 5.91 Å². The summed E-state index contributed by atoms with van der Waals surface area (Å²) in [5.41, 5.74) is -0.746. The summed E-state index contributed by atoms with van der Waals surface area (Å²) in [5.74, 6) is 0.260. The molecule has 1 aromatic rings. The summed E-state index contributed by atoms with van der Waals surface area (Å²) < 4.78 is 42.0. The molecule has 0 heterocycles. The minimum atomic E-state index is -4.37. The van der Waals surface area contributed by atoms with Crippen molar-refractivity contribution in [2.24, 2.45) is 5.92 Å². The number of nitrogens with one attached hydrogen (secondary N) is 1. The van der Waals surface area contributed by atoms with Crippen molar-refractivity contribution in [1.82, 2.24) is 5.32 Å². The number of halogens is 3. The van der Waals surface area contributed by atoms with Crippen LogP contribution in [0.4, 0.5) is 13.2 Å². The van der Waals surface area contributed by atoms with Gasteiger partial charge in [-0.05, 0) is 30.2 Å². The Bertz CT molecular complexity index is 413. The molecule has 0 radical (unpaired) electrons. The van der Waals surface area contributed by atoms with Crippen molar-refractivity contribution in [3.05, 3.63) is 29.8 Å². The molecular formula is C13H16F3NO2. The SMILES string of the molecule is CC(C)CNC(=O)COc1ccc(C(F)(F)F)cc1. The summed E-state index contributed by atoms with van der Waals surface area (Å²) in [5, 5.41) is 2.64. The number of benzene rings is 1. The maximum absolute atomic E-state index is 12.3. The summed E-state index contributed by atoms with van der Waals surface area (Å²) in [4.78, 5) is 11.3. The molecule has 1 rings (SSSR count). The van der Waals surface area contributed by atoms with Crippen molar-refractivity contribution in [3.63, 3.8) is 0 Å². The fraction of sp³-hybridized carbons (Fsp3) is 0.462. The van der Waals surface area contributed by atoms with E-state index >= 15 is 0 Å². The molecule has 0 aromatic heterocycles. The molecular weight excluding hydrogens is 259 g/mol. The Labute approximate surface area is 109 Å². The smallest absolute Gasteiger partial charge is 0.416 e. The lowest BCUT2D eigenvalue weighted by atomic mass is 10.2. The van der Waals surface area contributed by atoms with Crippen molar-refractivity contribution in [1.29, 1.82) is 0 Å². The first-order valence-corrected chi connectivity index (χ1v) is 5.86. The third-order valence-electron chi connectivity index (χ3n) is 2.26. The van der Waals surface area contributed by atoms with Gasteiger partial charge in [0.15, 0.2) is 6.61 Å². The number of carbonyl (C=O) groups excluding carboxylic acids is 1. The first-order valence-electron chi connectivity index (χ1n) is 5.86. The van der Waals surface area contributed by atoms with Gasteiger partial charge in [0.1, 0.15) is 5.75 Å². The molecule has 0 unspecified atom stereocenters. The maximum Gasteiger partial charge on any atom is 0.416 e. The number of alkyl halides is 3. The summed E-state index contributed by atoms with van der Waals surface area (Å²) in [6.45, 7) is 4.24. The zero-order valence-corrected chi connectivity index (χ0v) is 10.8. The Balaban J connectivity index is 2.44. The summed E-state index contributed by atoms with van der Waals surface area (Å²) >= 11 is 0. The van der Waals surface area contributed by atoms with Gasteiger partial charge in [-0.1, -0.05) is 13.8 Å². The van der Waals surface area contributed by atoms with Crippen LogP contribution in [0.5, 0.6) is 5.75 Å². The molecule has 1 amide bonds. The third-order valence-corrected chi connectivity index (χ3v) is 2.26. The number of rotatable bonds is 5. The van der Waals surface area contributed by atoms with Gasteiger partial charge in [-0.3, -0.25) is 4.79 Å². The van der Waals surface area contributed by atoms with Crippen LogP contribution in [0.2, 0.25) is 0 Å². The zero-order chi connectivity index (χ0) is 14.5. The van der Waals surface area contributed by atoms with Gasteiger partial charge in [-0.25, -0.2) is 0 Å². The van der Waals surface area contributed by atoms with Crippen molar-refractivity contribution >= 4 is 5.91 Å². The van der Waals surface area contributed by atoms with Gasteiger partial charge in [0.2, 0.25) is 0 Å². The van der Waals surface area contributed by atoms with E-state index in [0.29, 0.717) is 12.5 Å². The van der Waals surface area contributed by atoms with Crippen molar-refractivity contribution in [2.75, 3.05) is 13.2 Å². The molecule has 0 spiro atoms. The Hall–Kier alpha value is -1.72. The molecule has 0 saturated heterocycles. The fourth-order valence-corrected chi connectivity index (χ4v) is 1.26. The molecule has 1 N–H and O–H groups in total. The topological polar surface area (TPSA) is 38.3 Å². The first-order chi connectivity index (χ1) is 8.79. The van der Waals surface area contributed by atoms with Crippen LogP contribution >= 0.6 is 0 Å². The van der Waals surface area contributed by atoms with E-state index in [0.717, 1.165) is 12.1 Å². The van der Waals surface area contributed by atoms with Crippen LogP contribution in [0.1, 0.15) is 19.4 Å². The second kappa shape index (κ2) is 6.45. The molecule has 19 heavy (non-hydrogen) atoms. The Kier molecular flexibility index (Phi) is 5.20. The number of amides is 1. The van der Waals surface area contributed by atoms with E-state index in [-0.39, 0.29) is 18.3 Å². The van der Waals surface area contributed by atoms with Crippen LogP contribution in [-0.2, 0) is 11.0 Å². The van der Waals surface area contributed by atoms with E-state index in [2.05, 4.69) is 5.32 Å². The highest BCUT2D eigenvalue weighted by atomic mass is 19.4. The highest BCUT2D eigenvalue weighted by Gasteiger charge is 2.30. The summed E-state index contributed by atoms with van der Waals surface area (Å²) in [6, 6.07) is 4.22. The normalized spacial score (nSPS) is 11.5. The summed E-state index contributed by atoms with van der Waals surface area (Å²) in [7, 11) is 0. The first kappa shape index (κ1) is 15.3. The molecule has 0 aliphatic heterocycles. The van der Waals surface area contributed by atoms with Gasteiger partial charge in [0, 0.05) is 6.54 Å². The molecule has 0 fully saturated rings. The quantitative estimate of drug-likeness (QED) is 0.897. The van der Waals surface area contributed by atoms with Crippen molar-refractivity contribution in [2.45, 2.75) is 20.0 Å². The highest BCUT2D eigenvalue weighted by molar-refractivity contribution is 5.77. The van der Waals surface area contributed by atoms with Gasteiger partial charge in [-0.2, -0.15) is 13.2 Å². The molecule has 0 saturated carbocycles. The monoisotopic (exact) mass is 275 g/mol.